The lowest BCUT2D eigenvalue weighted by Gasteiger charge is -2.45. The van der Waals surface area contributed by atoms with Gasteiger partial charge in [-0.25, -0.2) is 14.0 Å². The number of aliphatic hydroxyl groups excluding tert-OH is 21. The maximum absolute atomic E-state index is 11.2. The van der Waals surface area contributed by atoms with Gasteiger partial charge in [0.1, 0.15) is 201 Å². The van der Waals surface area contributed by atoms with Crippen LogP contribution in [-0.2, 0) is 62.5 Å². The SMILES string of the molecule is OC[C@H]1O[C@@H](O[C@H]2[C@H](O)[C@@H](O)[C@H](n3cc(COc4cc(OCc5cn([C@@H]6O[C@H](CO)[C@@H](O[C@@H]7O[C@H](CO)[C@H](O)[C@H](O)[C@H]7O)[C@H](O)[C@H]6O)nn5)cc(OCc5cn([C@@H]6O[C@H](CO)[C@@H](O[C@@H]7O[C@H](CO)[C@H](O)[C@H](O)[C@H]7O)[C@H](O)[C@H]6O)nn5)c4)nn3)O[C@@H]2CO)[C@H](O)[C@@H](O)[C@H]1O. The van der Waals surface area contributed by atoms with E-state index < -0.39 is 224 Å². The minimum absolute atomic E-state index is 0.0359. The fourth-order valence-corrected chi connectivity index (χ4v) is 11.1. The molecule has 6 aliphatic rings. The lowest BCUT2D eigenvalue weighted by Crippen LogP contribution is -2.63. The van der Waals surface area contributed by atoms with Gasteiger partial charge in [-0.05, 0) is 0 Å². The Balaban J connectivity index is 0.822. The number of aromatic nitrogens is 9. The molecule has 6 aliphatic heterocycles. The van der Waals surface area contributed by atoms with Crippen molar-refractivity contribution in [3.63, 3.8) is 0 Å². The third-order valence-corrected chi connectivity index (χ3v) is 16.4. The van der Waals surface area contributed by atoms with Gasteiger partial charge in [0.2, 0.25) is 0 Å². The van der Waals surface area contributed by atoms with Gasteiger partial charge in [0.15, 0.2) is 37.6 Å². The first kappa shape index (κ1) is 70.6. The molecule has 6 saturated heterocycles. The third kappa shape index (κ3) is 14.9. The number of benzene rings is 1. The molecule has 522 valence electrons. The van der Waals surface area contributed by atoms with Gasteiger partial charge in [0.05, 0.1) is 58.2 Å². The van der Waals surface area contributed by atoms with Crippen molar-refractivity contribution in [3.05, 3.63) is 53.9 Å². The van der Waals surface area contributed by atoms with E-state index in [9.17, 15) is 107 Å². The zero-order chi connectivity index (χ0) is 66.9. The van der Waals surface area contributed by atoms with E-state index in [-0.39, 0.29) is 54.2 Å². The van der Waals surface area contributed by atoms with E-state index in [1.807, 2.05) is 0 Å². The van der Waals surface area contributed by atoms with Crippen LogP contribution in [0.15, 0.2) is 36.8 Å². The van der Waals surface area contributed by atoms with Crippen molar-refractivity contribution in [2.24, 2.45) is 0 Å². The molecule has 0 saturated carbocycles. The smallest absolute Gasteiger partial charge is 0.187 e. The zero-order valence-electron chi connectivity index (χ0n) is 48.5. The lowest BCUT2D eigenvalue weighted by molar-refractivity contribution is -0.347. The predicted molar refractivity (Wildman–Crippen MR) is 284 cm³/mol. The first-order chi connectivity index (χ1) is 44.5. The lowest BCUT2D eigenvalue weighted by atomic mass is 9.96. The summed E-state index contributed by atoms with van der Waals surface area (Å²) in [5.74, 6) is 0.108. The highest BCUT2D eigenvalue weighted by Crippen LogP contribution is 2.38. The molecular weight excluding hydrogens is 1270 g/mol. The standard InChI is InChI=1S/C51H75N9O33/c61-7-22-28(67)31(70)40(79)49(88-22)91-43-25(10-64)85-46(37(76)34(43)73)58-4-16(52-55-58)13-82-19-1-20(83-14-17-5-59(56-53-17)47-38(77)35(74)44(26(11-65)86-47)92-50-41(80)32(71)29(68)23(8-62)89-50)3-21(2-19)84-15-18-6-60(57-54-18)48-39(78)36(75)45(27(12-66)87-48)93-51-42(81)33(72)30(69)24(9-63)90-51/h1-6,22-51,61-81H,7-15H2/t22-,23-,24-,25-,26-,27-,28+,29+,30+,31+,32+,33+,34-,35-,36-,37-,38-,39-,40-,41-,42-,43-,44-,45-,46-,47-,48-,49+,50+,51+/m1/s1. The minimum atomic E-state index is -1.90. The van der Waals surface area contributed by atoms with Crippen molar-refractivity contribution in [3.8, 4) is 17.2 Å². The van der Waals surface area contributed by atoms with Crippen LogP contribution >= 0.6 is 0 Å². The first-order valence-electron chi connectivity index (χ1n) is 29.0. The summed E-state index contributed by atoms with van der Waals surface area (Å²) >= 11 is 0. The van der Waals surface area contributed by atoms with E-state index in [1.54, 1.807) is 0 Å². The number of aliphatic hydroxyl groups is 21. The van der Waals surface area contributed by atoms with Crippen LogP contribution in [0.1, 0.15) is 35.8 Å². The first-order valence-corrected chi connectivity index (χ1v) is 29.0. The molecule has 0 bridgehead atoms. The summed E-state index contributed by atoms with van der Waals surface area (Å²) in [4.78, 5) is 0. The summed E-state index contributed by atoms with van der Waals surface area (Å²) in [6, 6.07) is 4.19. The second kappa shape index (κ2) is 30.5. The fraction of sp³-hybridized carbons (Fsp3) is 0.765. The van der Waals surface area contributed by atoms with Gasteiger partial charge in [-0.15, -0.1) is 15.3 Å². The molecule has 4 aromatic rings. The van der Waals surface area contributed by atoms with E-state index in [4.69, 9.17) is 56.8 Å². The van der Waals surface area contributed by atoms with E-state index in [1.165, 1.54) is 36.8 Å². The summed E-state index contributed by atoms with van der Waals surface area (Å²) in [5, 5.41) is 244. The van der Waals surface area contributed by atoms with Crippen molar-refractivity contribution < 1.29 is 164 Å². The second-order valence-electron chi connectivity index (χ2n) is 22.7. The molecule has 0 unspecified atom stereocenters. The minimum Gasteiger partial charge on any atom is -0.487 e. The maximum atomic E-state index is 11.2. The molecular formula is C51H75N9O33. The Morgan fingerprint density at radius 1 is 0.301 bits per heavy atom. The number of hydrogen-bond acceptors (Lipinski definition) is 39. The molecule has 30 atom stereocenters. The van der Waals surface area contributed by atoms with Crippen molar-refractivity contribution in [2.75, 3.05) is 39.6 Å². The molecule has 0 radical (unpaired) electrons. The molecule has 10 rings (SSSR count). The molecule has 1 aromatic carbocycles. The number of nitrogens with zero attached hydrogens (tertiary/aromatic N) is 9. The summed E-state index contributed by atoms with van der Waals surface area (Å²) < 4.78 is 71.9. The fourth-order valence-electron chi connectivity index (χ4n) is 11.1. The Kier molecular flexibility index (Phi) is 23.2. The van der Waals surface area contributed by atoms with Crippen molar-refractivity contribution >= 4 is 0 Å². The Morgan fingerprint density at radius 3 is 0.785 bits per heavy atom. The summed E-state index contributed by atoms with van der Waals surface area (Å²) in [7, 11) is 0. The quantitative estimate of drug-likeness (QED) is 0.0310. The van der Waals surface area contributed by atoms with Gasteiger partial charge in [0, 0.05) is 18.2 Å². The molecule has 0 aliphatic carbocycles. The number of hydrogen-bond donors (Lipinski definition) is 21. The molecule has 3 aromatic heterocycles. The molecule has 42 nitrogen and oxygen atoms in total. The van der Waals surface area contributed by atoms with Crippen molar-refractivity contribution in [1.29, 1.82) is 0 Å². The molecule has 6 fully saturated rings. The van der Waals surface area contributed by atoms with Gasteiger partial charge < -0.3 is 164 Å². The van der Waals surface area contributed by atoms with Gasteiger partial charge in [-0.3, -0.25) is 0 Å². The molecule has 9 heterocycles. The van der Waals surface area contributed by atoms with Gasteiger partial charge in [-0.1, -0.05) is 15.6 Å². The molecule has 21 N–H and O–H groups in total. The van der Waals surface area contributed by atoms with Gasteiger partial charge in [0.25, 0.3) is 0 Å². The average Bonchev–Trinajstić information content (AvgIpc) is 1.79. The summed E-state index contributed by atoms with van der Waals surface area (Å²) in [6.07, 6.45) is -47.0. The van der Waals surface area contributed by atoms with Crippen molar-refractivity contribution in [2.45, 2.75) is 204 Å². The van der Waals surface area contributed by atoms with Crippen LogP contribution in [-0.4, -0.2) is 357 Å². The molecule has 42 heteroatoms. The topological polar surface area (TPSA) is 628 Å². The Bertz CT molecular complexity index is 2670. The van der Waals surface area contributed by atoms with E-state index in [0.717, 1.165) is 14.0 Å². The van der Waals surface area contributed by atoms with Gasteiger partial charge >= 0.3 is 0 Å². The molecule has 93 heavy (non-hydrogen) atoms. The molecule has 0 spiro atoms. The van der Waals surface area contributed by atoms with E-state index in [2.05, 4.69) is 30.9 Å². The zero-order valence-corrected chi connectivity index (χ0v) is 48.5. The van der Waals surface area contributed by atoms with Crippen LogP contribution in [0.3, 0.4) is 0 Å². The summed E-state index contributed by atoms with van der Waals surface area (Å²) in [6.45, 7) is -6.01. The van der Waals surface area contributed by atoms with Crippen LogP contribution in [0.25, 0.3) is 0 Å². The van der Waals surface area contributed by atoms with Crippen LogP contribution in [0.2, 0.25) is 0 Å². The van der Waals surface area contributed by atoms with Crippen LogP contribution in [0, 0.1) is 0 Å². The van der Waals surface area contributed by atoms with Gasteiger partial charge in [-0.2, -0.15) is 0 Å². The largest absolute Gasteiger partial charge is 0.487 e. The number of rotatable bonds is 24. The number of ether oxygens (including phenoxy) is 12. The summed E-state index contributed by atoms with van der Waals surface area (Å²) in [5.41, 5.74) is 0.257. The molecule has 0 amide bonds. The highest BCUT2D eigenvalue weighted by atomic mass is 16.7. The monoisotopic (exact) mass is 1340 g/mol. The highest BCUT2D eigenvalue weighted by molar-refractivity contribution is 5.42. The predicted octanol–water partition coefficient (Wildman–Crippen LogP) is -13.4. The van der Waals surface area contributed by atoms with Crippen molar-refractivity contribution in [1.82, 2.24) is 45.0 Å². The van der Waals surface area contributed by atoms with Crippen LogP contribution < -0.4 is 14.2 Å². The Hall–Kier alpha value is -5.16. The highest BCUT2D eigenvalue weighted by Gasteiger charge is 2.55. The Labute approximate surface area is 522 Å². The van der Waals surface area contributed by atoms with Crippen LogP contribution in [0.4, 0.5) is 0 Å². The van der Waals surface area contributed by atoms with Crippen LogP contribution in [0.5, 0.6) is 17.2 Å². The average molecular weight is 1340 g/mol. The second-order valence-corrected chi connectivity index (χ2v) is 22.7. The van der Waals surface area contributed by atoms with E-state index in [0.29, 0.717) is 0 Å². The third-order valence-electron chi connectivity index (χ3n) is 16.4. The normalized spacial score (nSPS) is 41.6. The van der Waals surface area contributed by atoms with E-state index >= 15 is 0 Å². The Morgan fingerprint density at radius 2 is 0.548 bits per heavy atom. The maximum Gasteiger partial charge on any atom is 0.187 e.